The topological polar surface area (TPSA) is 52.3 Å². The zero-order valence-corrected chi connectivity index (χ0v) is 11.3. The number of rotatable bonds is 3. The second-order valence-electron chi connectivity index (χ2n) is 5.62. The van der Waals surface area contributed by atoms with Gasteiger partial charge in [0.1, 0.15) is 5.82 Å². The lowest BCUT2D eigenvalue weighted by Gasteiger charge is -2.17. The molecule has 0 saturated heterocycles. The second kappa shape index (κ2) is 5.38. The number of carbonyl (C=O) groups is 1. The standard InChI is InChI=1S/C14H20FNO2/c1-9-11(15)7-10(8-12(9)16)13(17)18-6-5-14(2,3)4/h7-8H,5-6,16H2,1-4H3. The van der Waals surface area contributed by atoms with Gasteiger partial charge in [-0.1, -0.05) is 20.8 Å². The minimum Gasteiger partial charge on any atom is -0.462 e. The van der Waals surface area contributed by atoms with Crippen LogP contribution in [0.5, 0.6) is 0 Å². The summed E-state index contributed by atoms with van der Waals surface area (Å²) in [5.74, 6) is -1.03. The van der Waals surface area contributed by atoms with E-state index >= 15 is 0 Å². The summed E-state index contributed by atoms with van der Waals surface area (Å²) in [6, 6.07) is 2.60. The van der Waals surface area contributed by atoms with Gasteiger partial charge in [-0.3, -0.25) is 0 Å². The first-order chi connectivity index (χ1) is 8.20. The van der Waals surface area contributed by atoms with E-state index in [4.69, 9.17) is 10.5 Å². The fraction of sp³-hybridized carbons (Fsp3) is 0.500. The van der Waals surface area contributed by atoms with Crippen LogP contribution in [0.4, 0.5) is 10.1 Å². The number of anilines is 1. The molecule has 1 aromatic carbocycles. The monoisotopic (exact) mass is 253 g/mol. The van der Waals surface area contributed by atoms with E-state index in [0.29, 0.717) is 12.2 Å². The van der Waals surface area contributed by atoms with Gasteiger partial charge < -0.3 is 10.5 Å². The molecule has 0 radical (unpaired) electrons. The minimum absolute atomic E-state index is 0.0951. The zero-order chi connectivity index (χ0) is 13.9. The Morgan fingerprint density at radius 2 is 2.00 bits per heavy atom. The van der Waals surface area contributed by atoms with Gasteiger partial charge in [-0.05, 0) is 30.9 Å². The molecule has 1 rings (SSSR count). The highest BCUT2D eigenvalue weighted by Crippen LogP contribution is 2.20. The smallest absolute Gasteiger partial charge is 0.338 e. The number of ether oxygens (including phenoxy) is 1. The Labute approximate surface area is 107 Å². The molecule has 0 aliphatic rings. The number of esters is 1. The highest BCUT2D eigenvalue weighted by molar-refractivity contribution is 5.90. The molecule has 0 spiro atoms. The van der Waals surface area contributed by atoms with E-state index in [1.807, 2.05) is 0 Å². The fourth-order valence-corrected chi connectivity index (χ4v) is 1.35. The molecule has 0 bridgehead atoms. The summed E-state index contributed by atoms with van der Waals surface area (Å²) >= 11 is 0. The molecule has 0 atom stereocenters. The lowest BCUT2D eigenvalue weighted by Crippen LogP contribution is -2.13. The summed E-state index contributed by atoms with van der Waals surface area (Å²) in [7, 11) is 0. The van der Waals surface area contributed by atoms with Crippen molar-refractivity contribution in [1.82, 2.24) is 0 Å². The molecule has 0 amide bonds. The fourth-order valence-electron chi connectivity index (χ4n) is 1.35. The Bertz CT molecular complexity index is 427. The molecule has 18 heavy (non-hydrogen) atoms. The third-order valence-electron chi connectivity index (χ3n) is 2.71. The summed E-state index contributed by atoms with van der Waals surface area (Å²) in [6.07, 6.45) is 0.753. The molecule has 0 aliphatic heterocycles. The van der Waals surface area contributed by atoms with Crippen LogP contribution in [0.2, 0.25) is 0 Å². The number of halogens is 1. The van der Waals surface area contributed by atoms with Gasteiger partial charge in [0.15, 0.2) is 0 Å². The van der Waals surface area contributed by atoms with Crippen LogP contribution < -0.4 is 5.73 Å². The summed E-state index contributed by atoms with van der Waals surface area (Å²) < 4.78 is 18.5. The molecule has 0 heterocycles. The number of nitrogen functional groups attached to an aromatic ring is 1. The third-order valence-corrected chi connectivity index (χ3v) is 2.71. The van der Waals surface area contributed by atoms with Gasteiger partial charge >= 0.3 is 5.97 Å². The van der Waals surface area contributed by atoms with Crippen molar-refractivity contribution in [1.29, 1.82) is 0 Å². The van der Waals surface area contributed by atoms with Crippen LogP contribution >= 0.6 is 0 Å². The van der Waals surface area contributed by atoms with Gasteiger partial charge in [-0.2, -0.15) is 0 Å². The normalized spacial score (nSPS) is 11.4. The van der Waals surface area contributed by atoms with Crippen LogP contribution in [0, 0.1) is 18.2 Å². The maximum absolute atomic E-state index is 13.4. The van der Waals surface area contributed by atoms with Crippen molar-refractivity contribution in [2.24, 2.45) is 5.41 Å². The quantitative estimate of drug-likeness (QED) is 0.664. The maximum atomic E-state index is 13.4. The molecule has 0 fully saturated rings. The average Bonchev–Trinajstić information content (AvgIpc) is 2.23. The first-order valence-corrected chi connectivity index (χ1v) is 5.93. The van der Waals surface area contributed by atoms with E-state index in [-0.39, 0.29) is 16.7 Å². The largest absolute Gasteiger partial charge is 0.462 e. The van der Waals surface area contributed by atoms with Crippen LogP contribution in [-0.2, 0) is 4.74 Å². The van der Waals surface area contributed by atoms with Crippen molar-refractivity contribution in [3.63, 3.8) is 0 Å². The highest BCUT2D eigenvalue weighted by Gasteiger charge is 2.14. The van der Waals surface area contributed by atoms with Gasteiger partial charge in [-0.15, -0.1) is 0 Å². The number of nitrogens with two attached hydrogens (primary N) is 1. The van der Waals surface area contributed by atoms with E-state index in [9.17, 15) is 9.18 Å². The average molecular weight is 253 g/mol. The van der Waals surface area contributed by atoms with Crippen molar-refractivity contribution in [3.8, 4) is 0 Å². The molecular weight excluding hydrogens is 233 g/mol. The van der Waals surface area contributed by atoms with Crippen LogP contribution in [0.1, 0.15) is 43.1 Å². The molecule has 0 aromatic heterocycles. The first-order valence-electron chi connectivity index (χ1n) is 5.93. The lowest BCUT2D eigenvalue weighted by atomic mass is 9.93. The van der Waals surface area contributed by atoms with E-state index in [0.717, 1.165) is 12.5 Å². The molecule has 4 heteroatoms. The van der Waals surface area contributed by atoms with Gasteiger partial charge in [0.05, 0.1) is 12.2 Å². The van der Waals surface area contributed by atoms with Crippen molar-refractivity contribution in [3.05, 3.63) is 29.1 Å². The van der Waals surface area contributed by atoms with Gasteiger partial charge in [0.25, 0.3) is 0 Å². The SMILES string of the molecule is Cc1c(N)cc(C(=O)OCCC(C)(C)C)cc1F. The maximum Gasteiger partial charge on any atom is 0.338 e. The number of hydrogen-bond acceptors (Lipinski definition) is 3. The highest BCUT2D eigenvalue weighted by atomic mass is 19.1. The van der Waals surface area contributed by atoms with Crippen molar-refractivity contribution < 1.29 is 13.9 Å². The Hall–Kier alpha value is -1.58. The van der Waals surface area contributed by atoms with Crippen molar-refractivity contribution in [2.75, 3.05) is 12.3 Å². The minimum atomic E-state index is -0.537. The molecule has 100 valence electrons. The zero-order valence-electron chi connectivity index (χ0n) is 11.3. The summed E-state index contributed by atoms with van der Waals surface area (Å²) in [6.45, 7) is 8.07. The van der Waals surface area contributed by atoms with E-state index in [1.54, 1.807) is 6.92 Å². The molecule has 0 saturated carbocycles. The number of benzene rings is 1. The van der Waals surface area contributed by atoms with Gasteiger partial charge in [-0.25, -0.2) is 9.18 Å². The summed E-state index contributed by atoms with van der Waals surface area (Å²) in [4.78, 5) is 11.7. The third kappa shape index (κ3) is 4.02. The van der Waals surface area contributed by atoms with E-state index in [2.05, 4.69) is 20.8 Å². The van der Waals surface area contributed by atoms with Crippen molar-refractivity contribution in [2.45, 2.75) is 34.1 Å². The first kappa shape index (κ1) is 14.5. The summed E-state index contributed by atoms with van der Waals surface area (Å²) in [5.41, 5.74) is 6.47. The Kier molecular flexibility index (Phi) is 4.33. The molecule has 1 aromatic rings. The van der Waals surface area contributed by atoms with Crippen LogP contribution in [0.25, 0.3) is 0 Å². The van der Waals surface area contributed by atoms with E-state index < -0.39 is 11.8 Å². The number of carbonyl (C=O) groups excluding carboxylic acids is 1. The number of hydrogen-bond donors (Lipinski definition) is 1. The van der Waals surface area contributed by atoms with Gasteiger partial charge in [0.2, 0.25) is 0 Å². The van der Waals surface area contributed by atoms with Crippen LogP contribution in [0.3, 0.4) is 0 Å². The molecule has 3 nitrogen and oxygen atoms in total. The molecule has 2 N–H and O–H groups in total. The lowest BCUT2D eigenvalue weighted by molar-refractivity contribution is 0.0464. The second-order valence-corrected chi connectivity index (χ2v) is 5.62. The predicted molar refractivity (Wildman–Crippen MR) is 69.9 cm³/mol. The molecule has 0 aliphatic carbocycles. The molecular formula is C14H20FNO2. The van der Waals surface area contributed by atoms with Gasteiger partial charge in [0, 0.05) is 11.3 Å². The van der Waals surface area contributed by atoms with E-state index in [1.165, 1.54) is 6.07 Å². The van der Waals surface area contributed by atoms with Crippen LogP contribution in [0.15, 0.2) is 12.1 Å². The Balaban J connectivity index is 2.68. The summed E-state index contributed by atoms with van der Waals surface area (Å²) in [5, 5.41) is 0. The predicted octanol–water partition coefficient (Wildman–Crippen LogP) is 3.31. The molecule has 0 unspecified atom stereocenters. The van der Waals surface area contributed by atoms with Crippen molar-refractivity contribution >= 4 is 11.7 Å². The Morgan fingerprint density at radius 1 is 1.39 bits per heavy atom. The Morgan fingerprint density at radius 3 is 2.50 bits per heavy atom. The van der Waals surface area contributed by atoms with Crippen LogP contribution in [-0.4, -0.2) is 12.6 Å².